The van der Waals surface area contributed by atoms with E-state index in [2.05, 4.69) is 10.6 Å². The molecular weight excluding hydrogens is 350 g/mol. The fourth-order valence-corrected chi connectivity index (χ4v) is 2.28. The summed E-state index contributed by atoms with van der Waals surface area (Å²) in [5.41, 5.74) is 0.427. The average Bonchev–Trinajstić information content (AvgIpc) is 2.55. The van der Waals surface area contributed by atoms with Gasteiger partial charge in [-0.25, -0.2) is 0 Å². The van der Waals surface area contributed by atoms with Gasteiger partial charge in [-0.2, -0.15) is 0 Å². The number of carbonyl (C=O) groups excluding carboxylic acids is 2. The van der Waals surface area contributed by atoms with Crippen LogP contribution in [0.3, 0.4) is 0 Å². The lowest BCUT2D eigenvalue weighted by Crippen LogP contribution is -2.39. The second kappa shape index (κ2) is 10.8. The first kappa shape index (κ1) is 21.0. The number of anilines is 1. The Balaban J connectivity index is 2.58. The van der Waals surface area contributed by atoms with Crippen LogP contribution in [0.15, 0.2) is 12.1 Å². The monoisotopic (exact) mass is 373 g/mol. The third-order valence-electron chi connectivity index (χ3n) is 3.20. The van der Waals surface area contributed by atoms with Gasteiger partial charge in [-0.1, -0.05) is 11.6 Å². The Morgan fingerprint density at radius 3 is 2.32 bits per heavy atom. The fourth-order valence-electron chi connectivity index (χ4n) is 2.04. The number of hydrogen-bond acceptors (Lipinski definition) is 6. The van der Waals surface area contributed by atoms with Crippen LogP contribution in [-0.2, 0) is 14.3 Å². The number of carbonyl (C=O) groups is 2. The Hall–Kier alpha value is -2.03. The molecule has 0 radical (unpaired) electrons. The molecule has 25 heavy (non-hydrogen) atoms. The molecule has 2 N–H and O–H groups in total. The molecule has 0 aliphatic rings. The molecule has 0 aliphatic heterocycles. The molecule has 0 fully saturated rings. The molecule has 0 bridgehead atoms. The molecule has 8 nitrogen and oxygen atoms in total. The Bertz CT molecular complexity index is 597. The minimum atomic E-state index is -0.299. The summed E-state index contributed by atoms with van der Waals surface area (Å²) in [7, 11) is 6.20. The first-order chi connectivity index (χ1) is 11.9. The van der Waals surface area contributed by atoms with Gasteiger partial charge < -0.3 is 24.8 Å². The van der Waals surface area contributed by atoms with Crippen molar-refractivity contribution in [1.29, 1.82) is 0 Å². The number of nitrogens with one attached hydrogen (secondary N) is 2. The molecule has 0 spiro atoms. The van der Waals surface area contributed by atoms with Gasteiger partial charge in [-0.3, -0.25) is 14.5 Å². The molecule has 140 valence electrons. The highest BCUT2D eigenvalue weighted by Gasteiger charge is 2.15. The topological polar surface area (TPSA) is 89.1 Å². The number of benzene rings is 1. The fraction of sp³-hybridized carbons (Fsp3) is 0.500. The van der Waals surface area contributed by atoms with Crippen LogP contribution in [0.2, 0.25) is 5.02 Å². The number of likely N-dealkylation sites (N-methyl/N-ethyl adjacent to an activating group) is 1. The SMILES string of the molecule is COCCNC(=O)CN(C)CC(=O)Nc1cc(Cl)c(OC)cc1OC. The van der Waals surface area contributed by atoms with Crippen molar-refractivity contribution in [2.45, 2.75) is 0 Å². The molecule has 1 aromatic carbocycles. The van der Waals surface area contributed by atoms with Crippen molar-refractivity contribution >= 4 is 29.1 Å². The summed E-state index contributed by atoms with van der Waals surface area (Å²) in [6.45, 7) is 0.993. The van der Waals surface area contributed by atoms with E-state index in [1.807, 2.05) is 0 Å². The van der Waals surface area contributed by atoms with Gasteiger partial charge in [0.15, 0.2) is 0 Å². The largest absolute Gasteiger partial charge is 0.495 e. The van der Waals surface area contributed by atoms with Crippen LogP contribution >= 0.6 is 11.6 Å². The Kier molecular flexibility index (Phi) is 9.04. The van der Waals surface area contributed by atoms with Crippen molar-refractivity contribution in [1.82, 2.24) is 10.2 Å². The summed E-state index contributed by atoms with van der Waals surface area (Å²) in [5, 5.41) is 5.75. The Morgan fingerprint density at radius 1 is 1.08 bits per heavy atom. The Morgan fingerprint density at radius 2 is 1.72 bits per heavy atom. The molecule has 0 unspecified atom stereocenters. The lowest BCUT2D eigenvalue weighted by atomic mass is 10.2. The van der Waals surface area contributed by atoms with Crippen LogP contribution in [0.1, 0.15) is 0 Å². The van der Waals surface area contributed by atoms with Gasteiger partial charge >= 0.3 is 0 Å². The lowest BCUT2D eigenvalue weighted by molar-refractivity contribution is -0.123. The van der Waals surface area contributed by atoms with Crippen LogP contribution in [0, 0.1) is 0 Å². The van der Waals surface area contributed by atoms with Crippen LogP contribution in [-0.4, -0.2) is 71.3 Å². The summed E-state index contributed by atoms with van der Waals surface area (Å²) >= 11 is 6.07. The third kappa shape index (κ3) is 7.16. The highest BCUT2D eigenvalue weighted by atomic mass is 35.5. The smallest absolute Gasteiger partial charge is 0.238 e. The van der Waals surface area contributed by atoms with E-state index in [1.54, 1.807) is 31.2 Å². The molecule has 0 saturated carbocycles. The van der Waals surface area contributed by atoms with Crippen molar-refractivity contribution in [3.63, 3.8) is 0 Å². The predicted molar refractivity (Wildman–Crippen MR) is 95.6 cm³/mol. The zero-order chi connectivity index (χ0) is 18.8. The molecule has 0 aliphatic carbocycles. The maximum absolute atomic E-state index is 12.2. The van der Waals surface area contributed by atoms with Crippen molar-refractivity contribution < 1.29 is 23.8 Å². The van der Waals surface area contributed by atoms with Gasteiger partial charge in [-0.05, 0) is 13.1 Å². The first-order valence-electron chi connectivity index (χ1n) is 7.56. The van der Waals surface area contributed by atoms with Gasteiger partial charge in [-0.15, -0.1) is 0 Å². The second-order valence-corrected chi connectivity index (χ2v) is 5.66. The van der Waals surface area contributed by atoms with Gasteiger partial charge in [0, 0.05) is 19.7 Å². The number of amides is 2. The molecule has 0 saturated heterocycles. The molecule has 1 rings (SSSR count). The average molecular weight is 374 g/mol. The van der Waals surface area contributed by atoms with E-state index in [0.29, 0.717) is 35.4 Å². The molecule has 0 heterocycles. The number of nitrogens with zero attached hydrogens (tertiary/aromatic N) is 1. The minimum Gasteiger partial charge on any atom is -0.495 e. The zero-order valence-electron chi connectivity index (χ0n) is 14.8. The van der Waals surface area contributed by atoms with E-state index in [-0.39, 0.29) is 24.9 Å². The number of halogens is 1. The third-order valence-corrected chi connectivity index (χ3v) is 3.50. The van der Waals surface area contributed by atoms with Gasteiger partial charge in [0.1, 0.15) is 11.5 Å². The van der Waals surface area contributed by atoms with Crippen molar-refractivity contribution in [3.8, 4) is 11.5 Å². The summed E-state index contributed by atoms with van der Waals surface area (Å²) in [4.78, 5) is 25.4. The van der Waals surface area contributed by atoms with Gasteiger partial charge in [0.05, 0.1) is 44.6 Å². The molecule has 0 atom stereocenters. The van der Waals surface area contributed by atoms with Crippen molar-refractivity contribution in [2.75, 3.05) is 59.9 Å². The summed E-state index contributed by atoms with van der Waals surface area (Å²) in [6, 6.07) is 3.14. The van der Waals surface area contributed by atoms with Crippen LogP contribution in [0.5, 0.6) is 11.5 Å². The summed E-state index contributed by atoms with van der Waals surface area (Å²) in [6.07, 6.45) is 0. The summed E-state index contributed by atoms with van der Waals surface area (Å²) < 4.78 is 15.2. The minimum absolute atomic E-state index is 0.0322. The zero-order valence-corrected chi connectivity index (χ0v) is 15.6. The summed E-state index contributed by atoms with van der Waals surface area (Å²) in [5.74, 6) is 0.389. The molecule has 1 aromatic rings. The number of ether oxygens (including phenoxy) is 3. The molecule has 0 aromatic heterocycles. The molecule has 9 heteroatoms. The number of hydrogen-bond donors (Lipinski definition) is 2. The maximum atomic E-state index is 12.2. The number of methoxy groups -OCH3 is 3. The first-order valence-corrected chi connectivity index (χ1v) is 7.94. The van der Waals surface area contributed by atoms with Crippen LogP contribution in [0.25, 0.3) is 0 Å². The normalized spacial score (nSPS) is 10.5. The van der Waals surface area contributed by atoms with Gasteiger partial charge in [0.25, 0.3) is 0 Å². The Labute approximate surface area is 152 Å². The standard InChI is InChI=1S/C16H24ClN3O5/c1-20(9-15(21)18-5-6-23-2)10-16(22)19-12-7-11(17)13(24-3)8-14(12)25-4/h7-8H,5-6,9-10H2,1-4H3,(H,18,21)(H,19,22). The van der Waals surface area contributed by atoms with Crippen molar-refractivity contribution in [3.05, 3.63) is 17.2 Å². The van der Waals surface area contributed by atoms with E-state index in [0.717, 1.165) is 0 Å². The molecule has 2 amide bonds. The second-order valence-electron chi connectivity index (χ2n) is 5.25. The number of rotatable bonds is 10. The predicted octanol–water partition coefficient (Wildman–Crippen LogP) is 0.990. The van der Waals surface area contributed by atoms with E-state index in [4.69, 9.17) is 25.8 Å². The van der Waals surface area contributed by atoms with E-state index < -0.39 is 0 Å². The van der Waals surface area contributed by atoms with Crippen molar-refractivity contribution in [2.24, 2.45) is 0 Å². The molecular formula is C16H24ClN3O5. The quantitative estimate of drug-likeness (QED) is 0.594. The van der Waals surface area contributed by atoms with E-state index in [1.165, 1.54) is 14.2 Å². The van der Waals surface area contributed by atoms with E-state index >= 15 is 0 Å². The van der Waals surface area contributed by atoms with Crippen LogP contribution in [0.4, 0.5) is 5.69 Å². The van der Waals surface area contributed by atoms with Gasteiger partial charge in [0.2, 0.25) is 11.8 Å². The highest BCUT2D eigenvalue weighted by Crippen LogP contribution is 2.35. The van der Waals surface area contributed by atoms with E-state index in [9.17, 15) is 9.59 Å². The lowest BCUT2D eigenvalue weighted by Gasteiger charge is -2.17. The van der Waals surface area contributed by atoms with Crippen LogP contribution < -0.4 is 20.1 Å². The maximum Gasteiger partial charge on any atom is 0.238 e. The highest BCUT2D eigenvalue weighted by molar-refractivity contribution is 6.32.